The Balaban J connectivity index is 2.10. The highest BCUT2D eigenvalue weighted by Crippen LogP contribution is 2.53. The third-order valence-electron chi connectivity index (χ3n) is 5.45. The van der Waals surface area contributed by atoms with Gasteiger partial charge in [-0.3, -0.25) is 4.79 Å². The maximum absolute atomic E-state index is 11.8. The Morgan fingerprint density at radius 3 is 2.35 bits per heavy atom. The fraction of sp³-hybridized carbons (Fsp3) is 0.933. The molecule has 2 aliphatic rings. The quantitative estimate of drug-likeness (QED) is 0.804. The van der Waals surface area contributed by atoms with E-state index in [1.165, 1.54) is 12.8 Å². The third-order valence-corrected chi connectivity index (χ3v) is 5.45. The second-order valence-electron chi connectivity index (χ2n) is 6.44. The first kappa shape index (κ1) is 12.9. The highest BCUT2D eigenvalue weighted by atomic mass is 16.4. The van der Waals surface area contributed by atoms with E-state index < -0.39 is 5.97 Å². The summed E-state index contributed by atoms with van der Waals surface area (Å²) >= 11 is 0. The SMILES string of the molecule is CCC1CCC(C(=O)O)(C2CCC(C)CC2)C1. The summed E-state index contributed by atoms with van der Waals surface area (Å²) in [6.45, 7) is 4.50. The number of carboxylic acid groups (broad SMARTS) is 1. The largest absolute Gasteiger partial charge is 0.481 e. The summed E-state index contributed by atoms with van der Waals surface area (Å²) in [5.41, 5.74) is -0.360. The van der Waals surface area contributed by atoms with E-state index >= 15 is 0 Å². The monoisotopic (exact) mass is 238 g/mol. The molecule has 2 nitrogen and oxygen atoms in total. The van der Waals surface area contributed by atoms with Crippen LogP contribution < -0.4 is 0 Å². The van der Waals surface area contributed by atoms with Crippen molar-refractivity contribution >= 4 is 5.97 Å². The maximum Gasteiger partial charge on any atom is 0.309 e. The molecule has 0 bridgehead atoms. The summed E-state index contributed by atoms with van der Waals surface area (Å²) in [4.78, 5) is 11.8. The topological polar surface area (TPSA) is 37.3 Å². The Kier molecular flexibility index (Phi) is 3.79. The zero-order valence-electron chi connectivity index (χ0n) is 11.2. The fourth-order valence-corrected chi connectivity index (χ4v) is 4.08. The molecular formula is C15H26O2. The van der Waals surface area contributed by atoms with Gasteiger partial charge in [0.2, 0.25) is 0 Å². The third kappa shape index (κ3) is 2.36. The Hall–Kier alpha value is -0.530. The summed E-state index contributed by atoms with van der Waals surface area (Å²) in [7, 11) is 0. The molecule has 2 fully saturated rings. The van der Waals surface area contributed by atoms with Gasteiger partial charge in [-0.05, 0) is 49.9 Å². The molecule has 0 radical (unpaired) electrons. The molecule has 17 heavy (non-hydrogen) atoms. The van der Waals surface area contributed by atoms with Crippen molar-refractivity contribution in [2.45, 2.75) is 65.2 Å². The van der Waals surface area contributed by atoms with Gasteiger partial charge in [0.1, 0.15) is 0 Å². The first-order valence-corrected chi connectivity index (χ1v) is 7.32. The Labute approximate surface area is 105 Å². The lowest BCUT2D eigenvalue weighted by Gasteiger charge is -2.38. The molecule has 0 aliphatic heterocycles. The van der Waals surface area contributed by atoms with Gasteiger partial charge in [0, 0.05) is 0 Å². The average molecular weight is 238 g/mol. The maximum atomic E-state index is 11.8. The zero-order valence-corrected chi connectivity index (χ0v) is 11.2. The molecule has 0 aromatic heterocycles. The van der Waals surface area contributed by atoms with Crippen LogP contribution in [0.5, 0.6) is 0 Å². The minimum Gasteiger partial charge on any atom is -0.481 e. The highest BCUT2D eigenvalue weighted by Gasteiger charge is 2.50. The van der Waals surface area contributed by atoms with E-state index in [1.807, 2.05) is 0 Å². The van der Waals surface area contributed by atoms with Crippen molar-refractivity contribution in [3.8, 4) is 0 Å². The van der Waals surface area contributed by atoms with Gasteiger partial charge in [0.25, 0.3) is 0 Å². The summed E-state index contributed by atoms with van der Waals surface area (Å²) in [6, 6.07) is 0. The molecule has 2 unspecified atom stereocenters. The van der Waals surface area contributed by atoms with Crippen molar-refractivity contribution in [3.05, 3.63) is 0 Å². The normalized spacial score (nSPS) is 42.6. The lowest BCUT2D eigenvalue weighted by Crippen LogP contribution is -2.38. The van der Waals surface area contributed by atoms with Crippen LogP contribution in [0.4, 0.5) is 0 Å². The lowest BCUT2D eigenvalue weighted by atomic mass is 9.65. The summed E-state index contributed by atoms with van der Waals surface area (Å²) in [6.07, 6.45) is 8.91. The molecule has 2 atom stereocenters. The van der Waals surface area contributed by atoms with Crippen LogP contribution in [0.3, 0.4) is 0 Å². The van der Waals surface area contributed by atoms with Crippen molar-refractivity contribution in [1.82, 2.24) is 0 Å². The average Bonchev–Trinajstić information content (AvgIpc) is 2.75. The van der Waals surface area contributed by atoms with E-state index in [-0.39, 0.29) is 5.41 Å². The predicted molar refractivity (Wildman–Crippen MR) is 68.8 cm³/mol. The van der Waals surface area contributed by atoms with Gasteiger partial charge in [-0.2, -0.15) is 0 Å². The summed E-state index contributed by atoms with van der Waals surface area (Å²) in [5, 5.41) is 9.70. The van der Waals surface area contributed by atoms with E-state index in [9.17, 15) is 9.90 Å². The lowest BCUT2D eigenvalue weighted by molar-refractivity contribution is -0.153. The first-order valence-electron chi connectivity index (χ1n) is 7.32. The van der Waals surface area contributed by atoms with E-state index in [4.69, 9.17) is 0 Å². The van der Waals surface area contributed by atoms with Crippen molar-refractivity contribution in [2.75, 3.05) is 0 Å². The molecule has 1 N–H and O–H groups in total. The number of hydrogen-bond acceptors (Lipinski definition) is 1. The molecular weight excluding hydrogens is 212 g/mol. The second-order valence-corrected chi connectivity index (χ2v) is 6.44. The minimum atomic E-state index is -0.506. The zero-order chi connectivity index (χ0) is 12.5. The molecule has 2 rings (SSSR count). The van der Waals surface area contributed by atoms with Crippen LogP contribution >= 0.6 is 0 Å². The van der Waals surface area contributed by atoms with Gasteiger partial charge in [-0.1, -0.05) is 33.1 Å². The van der Waals surface area contributed by atoms with Crippen LogP contribution in [0, 0.1) is 23.2 Å². The second kappa shape index (κ2) is 4.99. The number of carbonyl (C=O) groups is 1. The number of aliphatic carboxylic acids is 1. The molecule has 0 aromatic carbocycles. The van der Waals surface area contributed by atoms with Crippen LogP contribution in [0.15, 0.2) is 0 Å². The Morgan fingerprint density at radius 1 is 1.24 bits per heavy atom. The minimum absolute atomic E-state index is 0.360. The van der Waals surface area contributed by atoms with E-state index in [0.717, 1.165) is 44.4 Å². The molecule has 2 heteroatoms. The van der Waals surface area contributed by atoms with Gasteiger partial charge in [0.15, 0.2) is 0 Å². The van der Waals surface area contributed by atoms with Crippen molar-refractivity contribution in [3.63, 3.8) is 0 Å². The van der Waals surface area contributed by atoms with Gasteiger partial charge >= 0.3 is 5.97 Å². The highest BCUT2D eigenvalue weighted by molar-refractivity contribution is 5.75. The van der Waals surface area contributed by atoms with E-state index in [1.54, 1.807) is 0 Å². The molecule has 2 saturated carbocycles. The molecule has 2 aliphatic carbocycles. The van der Waals surface area contributed by atoms with Crippen molar-refractivity contribution in [1.29, 1.82) is 0 Å². The molecule has 0 heterocycles. The fourth-order valence-electron chi connectivity index (χ4n) is 4.08. The van der Waals surface area contributed by atoms with Crippen molar-refractivity contribution < 1.29 is 9.90 Å². The Morgan fingerprint density at radius 2 is 1.88 bits per heavy atom. The predicted octanol–water partition coefficient (Wildman–Crippen LogP) is 4.09. The van der Waals surface area contributed by atoms with Gasteiger partial charge in [-0.25, -0.2) is 0 Å². The van der Waals surface area contributed by atoms with E-state index in [2.05, 4.69) is 13.8 Å². The number of rotatable bonds is 3. The van der Waals surface area contributed by atoms with E-state index in [0.29, 0.717) is 11.8 Å². The standard InChI is InChI=1S/C15H26O2/c1-3-12-8-9-15(10-12,14(16)17)13-6-4-11(2)5-7-13/h11-13H,3-10H2,1-2H3,(H,16,17). The van der Waals surface area contributed by atoms with Crippen LogP contribution in [-0.2, 0) is 4.79 Å². The Bertz CT molecular complexity index is 279. The molecule has 98 valence electrons. The summed E-state index contributed by atoms with van der Waals surface area (Å²) in [5.74, 6) is 1.41. The number of carboxylic acids is 1. The van der Waals surface area contributed by atoms with Gasteiger partial charge in [-0.15, -0.1) is 0 Å². The van der Waals surface area contributed by atoms with Crippen LogP contribution in [0.1, 0.15) is 65.2 Å². The molecule has 0 spiro atoms. The first-order chi connectivity index (χ1) is 8.08. The number of hydrogen-bond donors (Lipinski definition) is 1. The molecule has 0 saturated heterocycles. The van der Waals surface area contributed by atoms with Crippen LogP contribution in [0.25, 0.3) is 0 Å². The smallest absolute Gasteiger partial charge is 0.309 e. The summed E-state index contributed by atoms with van der Waals surface area (Å²) < 4.78 is 0. The van der Waals surface area contributed by atoms with Crippen molar-refractivity contribution in [2.24, 2.45) is 23.2 Å². The van der Waals surface area contributed by atoms with Gasteiger partial charge in [0.05, 0.1) is 5.41 Å². The molecule has 0 aromatic rings. The van der Waals surface area contributed by atoms with Gasteiger partial charge < -0.3 is 5.11 Å². The van der Waals surface area contributed by atoms with Crippen LogP contribution in [-0.4, -0.2) is 11.1 Å². The molecule has 0 amide bonds. The van der Waals surface area contributed by atoms with Crippen LogP contribution in [0.2, 0.25) is 0 Å².